The summed E-state index contributed by atoms with van der Waals surface area (Å²) in [5, 5.41) is 9.29. The van der Waals surface area contributed by atoms with Crippen LogP contribution in [0.5, 0.6) is 11.5 Å². The molecule has 0 fully saturated rings. The first-order chi connectivity index (χ1) is 6.26. The Bertz CT molecular complexity index is 274. The fourth-order valence-electron chi connectivity index (χ4n) is 1.24. The van der Waals surface area contributed by atoms with Crippen LogP contribution in [0.25, 0.3) is 0 Å². The maximum atomic E-state index is 9.29. The zero-order chi connectivity index (χ0) is 9.68. The smallest absolute Gasteiger partial charge is 0.150 e. The van der Waals surface area contributed by atoms with E-state index in [1.165, 1.54) is 6.07 Å². The lowest BCUT2D eigenvalue weighted by Gasteiger charge is -2.04. The van der Waals surface area contributed by atoms with E-state index in [0.717, 1.165) is 24.8 Å². The number of hydrogen-bond acceptors (Lipinski definition) is 3. The lowest BCUT2D eigenvalue weighted by Crippen LogP contribution is -2.02. The number of unbranched alkanes of at least 4 members (excludes halogenated alkanes) is 1. The number of rotatable bonds is 4. The van der Waals surface area contributed by atoms with Crippen LogP contribution < -0.4 is 10.7 Å². The summed E-state index contributed by atoms with van der Waals surface area (Å²) in [4.78, 5) is 4.56. The molecule has 13 heavy (non-hydrogen) atoms. The summed E-state index contributed by atoms with van der Waals surface area (Å²) in [6, 6.07) is 5.07. The van der Waals surface area contributed by atoms with E-state index in [9.17, 15) is 5.11 Å². The van der Waals surface area contributed by atoms with Crippen LogP contribution in [-0.2, 0) is 6.42 Å². The summed E-state index contributed by atoms with van der Waals surface area (Å²) in [7, 11) is 0. The average Bonchev–Trinajstić information content (AvgIpc) is 2.14. The van der Waals surface area contributed by atoms with Crippen molar-refractivity contribution in [2.24, 2.45) is 5.90 Å². The van der Waals surface area contributed by atoms with Gasteiger partial charge in [0, 0.05) is 6.07 Å². The van der Waals surface area contributed by atoms with Crippen LogP contribution in [0.4, 0.5) is 0 Å². The summed E-state index contributed by atoms with van der Waals surface area (Å²) in [5.41, 5.74) is 1.06. The highest BCUT2D eigenvalue weighted by atomic mass is 16.6. The van der Waals surface area contributed by atoms with Gasteiger partial charge in [-0.15, -0.1) is 0 Å². The minimum absolute atomic E-state index is 0.203. The van der Waals surface area contributed by atoms with E-state index < -0.39 is 0 Å². The van der Waals surface area contributed by atoms with Gasteiger partial charge in [0.25, 0.3) is 0 Å². The van der Waals surface area contributed by atoms with E-state index in [-0.39, 0.29) is 5.75 Å². The van der Waals surface area contributed by atoms with Gasteiger partial charge in [0.1, 0.15) is 5.75 Å². The third-order valence-electron chi connectivity index (χ3n) is 1.91. The predicted molar refractivity (Wildman–Crippen MR) is 51.5 cm³/mol. The van der Waals surface area contributed by atoms with Crippen molar-refractivity contribution in [3.63, 3.8) is 0 Å². The maximum absolute atomic E-state index is 9.29. The SMILES string of the molecule is CCCCc1cc(O)cc(ON)c1. The van der Waals surface area contributed by atoms with Gasteiger partial charge in [-0.1, -0.05) is 13.3 Å². The van der Waals surface area contributed by atoms with E-state index in [2.05, 4.69) is 11.8 Å². The van der Waals surface area contributed by atoms with E-state index >= 15 is 0 Å². The van der Waals surface area contributed by atoms with Gasteiger partial charge in [-0.05, 0) is 30.5 Å². The zero-order valence-corrected chi connectivity index (χ0v) is 7.79. The van der Waals surface area contributed by atoms with Gasteiger partial charge in [0.2, 0.25) is 0 Å². The monoisotopic (exact) mass is 181 g/mol. The van der Waals surface area contributed by atoms with Crippen molar-refractivity contribution in [2.75, 3.05) is 0 Å². The van der Waals surface area contributed by atoms with Crippen LogP contribution in [0.2, 0.25) is 0 Å². The highest BCUT2D eigenvalue weighted by Crippen LogP contribution is 2.21. The molecule has 72 valence electrons. The molecule has 0 aliphatic carbocycles. The minimum Gasteiger partial charge on any atom is -0.508 e. The first kappa shape index (κ1) is 9.86. The molecular formula is C10H15NO2. The second kappa shape index (κ2) is 4.72. The molecule has 0 atom stereocenters. The summed E-state index contributed by atoms with van der Waals surface area (Å²) in [6.07, 6.45) is 3.18. The second-order valence-corrected chi connectivity index (χ2v) is 3.06. The Morgan fingerprint density at radius 2 is 2.15 bits per heavy atom. The number of hydrogen-bond donors (Lipinski definition) is 2. The summed E-state index contributed by atoms with van der Waals surface area (Å²) in [5.74, 6) is 5.71. The molecule has 0 spiro atoms. The summed E-state index contributed by atoms with van der Waals surface area (Å²) in [6.45, 7) is 2.13. The topological polar surface area (TPSA) is 55.5 Å². The second-order valence-electron chi connectivity index (χ2n) is 3.06. The molecule has 1 aromatic carbocycles. The van der Waals surface area contributed by atoms with E-state index in [0.29, 0.717) is 5.75 Å². The van der Waals surface area contributed by atoms with Crippen LogP contribution in [0.1, 0.15) is 25.3 Å². The molecule has 0 bridgehead atoms. The number of phenolic OH excluding ortho intramolecular Hbond substituents is 1. The Morgan fingerprint density at radius 1 is 1.38 bits per heavy atom. The Balaban J connectivity index is 2.76. The first-order valence-electron chi connectivity index (χ1n) is 4.46. The molecule has 3 N–H and O–H groups in total. The Morgan fingerprint density at radius 3 is 2.77 bits per heavy atom. The van der Waals surface area contributed by atoms with Crippen LogP contribution in [0.15, 0.2) is 18.2 Å². The third kappa shape index (κ3) is 2.95. The molecule has 0 unspecified atom stereocenters. The van der Waals surface area contributed by atoms with Crippen molar-refractivity contribution in [3.05, 3.63) is 23.8 Å². The highest BCUT2D eigenvalue weighted by molar-refractivity contribution is 5.37. The van der Waals surface area contributed by atoms with E-state index in [4.69, 9.17) is 5.90 Å². The van der Waals surface area contributed by atoms with Gasteiger partial charge in [-0.3, -0.25) is 0 Å². The Hall–Kier alpha value is -1.22. The van der Waals surface area contributed by atoms with Crippen molar-refractivity contribution in [2.45, 2.75) is 26.2 Å². The average molecular weight is 181 g/mol. The quantitative estimate of drug-likeness (QED) is 0.698. The fourth-order valence-corrected chi connectivity index (χ4v) is 1.24. The van der Waals surface area contributed by atoms with E-state index in [1.54, 1.807) is 6.07 Å². The fraction of sp³-hybridized carbons (Fsp3) is 0.400. The number of nitrogens with two attached hydrogens (primary N) is 1. The van der Waals surface area contributed by atoms with Crippen LogP contribution in [0.3, 0.4) is 0 Å². The molecule has 0 aliphatic heterocycles. The standard InChI is InChI=1S/C10H15NO2/c1-2-3-4-8-5-9(12)7-10(6-8)13-11/h5-7,12H,2-4,11H2,1H3. The number of aromatic hydroxyl groups is 1. The normalized spacial score (nSPS) is 10.0. The zero-order valence-electron chi connectivity index (χ0n) is 7.79. The maximum Gasteiger partial charge on any atom is 0.150 e. The molecule has 0 aromatic heterocycles. The van der Waals surface area contributed by atoms with Crippen LogP contribution in [-0.4, -0.2) is 5.11 Å². The van der Waals surface area contributed by atoms with Gasteiger partial charge in [0.05, 0.1) is 0 Å². The Labute approximate surface area is 78.1 Å². The molecule has 3 heteroatoms. The Kier molecular flexibility index (Phi) is 3.58. The van der Waals surface area contributed by atoms with Crippen LogP contribution >= 0.6 is 0 Å². The molecule has 0 radical (unpaired) electrons. The van der Waals surface area contributed by atoms with Gasteiger partial charge in [0.15, 0.2) is 5.75 Å². The molecule has 1 aromatic rings. The molecule has 0 saturated heterocycles. The van der Waals surface area contributed by atoms with Crippen molar-refractivity contribution < 1.29 is 9.94 Å². The first-order valence-corrected chi connectivity index (χ1v) is 4.46. The van der Waals surface area contributed by atoms with E-state index in [1.807, 2.05) is 6.07 Å². The van der Waals surface area contributed by atoms with Gasteiger partial charge in [-0.25, -0.2) is 0 Å². The van der Waals surface area contributed by atoms with Crippen molar-refractivity contribution in [3.8, 4) is 11.5 Å². The van der Waals surface area contributed by atoms with Gasteiger partial charge >= 0.3 is 0 Å². The van der Waals surface area contributed by atoms with Gasteiger partial charge < -0.3 is 9.94 Å². The lowest BCUT2D eigenvalue weighted by molar-refractivity contribution is 0.331. The number of phenols is 1. The molecule has 0 saturated carbocycles. The molecule has 0 amide bonds. The van der Waals surface area contributed by atoms with Crippen LogP contribution in [0, 0.1) is 0 Å². The van der Waals surface area contributed by atoms with Crippen molar-refractivity contribution in [1.82, 2.24) is 0 Å². The number of aryl methyl sites for hydroxylation is 1. The molecular weight excluding hydrogens is 166 g/mol. The highest BCUT2D eigenvalue weighted by Gasteiger charge is 1.99. The molecule has 1 rings (SSSR count). The summed E-state index contributed by atoms with van der Waals surface area (Å²) < 4.78 is 0. The largest absolute Gasteiger partial charge is 0.508 e. The summed E-state index contributed by atoms with van der Waals surface area (Å²) >= 11 is 0. The molecule has 0 aliphatic rings. The number of benzene rings is 1. The lowest BCUT2D eigenvalue weighted by atomic mass is 10.1. The predicted octanol–water partition coefficient (Wildman–Crippen LogP) is 1.99. The third-order valence-corrected chi connectivity index (χ3v) is 1.91. The van der Waals surface area contributed by atoms with Crippen molar-refractivity contribution >= 4 is 0 Å². The minimum atomic E-state index is 0.203. The van der Waals surface area contributed by atoms with Crippen molar-refractivity contribution in [1.29, 1.82) is 0 Å². The molecule has 3 nitrogen and oxygen atoms in total. The van der Waals surface area contributed by atoms with Gasteiger partial charge in [-0.2, -0.15) is 5.90 Å². The molecule has 0 heterocycles.